The normalized spacial score (nSPS) is 12.7. The van der Waals surface area contributed by atoms with Gasteiger partial charge in [0, 0.05) is 10.4 Å². The summed E-state index contributed by atoms with van der Waals surface area (Å²) in [6.07, 6.45) is -4.43. The molecule has 0 saturated heterocycles. The van der Waals surface area contributed by atoms with Gasteiger partial charge in [0.1, 0.15) is 0 Å². The van der Waals surface area contributed by atoms with E-state index in [1.165, 1.54) is 6.07 Å². The average molecular weight is 347 g/mol. The second kappa shape index (κ2) is 6.17. The Bertz CT molecular complexity index is 702. The highest BCUT2D eigenvalue weighted by Gasteiger charge is 2.31. The van der Waals surface area contributed by atoms with E-state index in [1.807, 2.05) is 20.8 Å². The zero-order valence-corrected chi connectivity index (χ0v) is 13.8. The van der Waals surface area contributed by atoms with E-state index in [2.05, 4.69) is 5.10 Å². The maximum Gasteiger partial charge on any atom is 0.416 e. The molecule has 0 aliphatic heterocycles. The Morgan fingerprint density at radius 3 is 2.30 bits per heavy atom. The van der Waals surface area contributed by atoms with Gasteiger partial charge in [-0.05, 0) is 23.8 Å². The summed E-state index contributed by atoms with van der Waals surface area (Å²) in [7, 11) is 0. The fourth-order valence-electron chi connectivity index (χ4n) is 2.10. The van der Waals surface area contributed by atoms with Crippen molar-refractivity contribution in [3.63, 3.8) is 0 Å². The van der Waals surface area contributed by atoms with Crippen LogP contribution in [0.4, 0.5) is 13.2 Å². The number of aliphatic hydroxyl groups excluding tert-OH is 1. The molecule has 1 aromatic heterocycles. The van der Waals surface area contributed by atoms with Gasteiger partial charge in [-0.3, -0.25) is 4.68 Å². The van der Waals surface area contributed by atoms with Crippen molar-refractivity contribution in [1.82, 2.24) is 9.78 Å². The average Bonchev–Trinajstić information content (AvgIpc) is 2.83. The Morgan fingerprint density at radius 2 is 1.83 bits per heavy atom. The van der Waals surface area contributed by atoms with Gasteiger partial charge in [0.15, 0.2) is 0 Å². The molecule has 0 radical (unpaired) electrons. The first-order chi connectivity index (χ1) is 10.5. The van der Waals surface area contributed by atoms with Gasteiger partial charge in [0.05, 0.1) is 30.1 Å². The number of rotatable bonds is 3. The summed E-state index contributed by atoms with van der Waals surface area (Å²) in [5.74, 6) is 0. The number of aliphatic hydroxyl groups is 1. The Hall–Kier alpha value is -1.53. The lowest BCUT2D eigenvalue weighted by atomic mass is 9.92. The molecule has 0 aliphatic carbocycles. The lowest BCUT2D eigenvalue weighted by Crippen LogP contribution is -2.13. The van der Waals surface area contributed by atoms with Gasteiger partial charge in [-0.2, -0.15) is 18.3 Å². The fraction of sp³-hybridized carbons (Fsp3) is 0.438. The van der Waals surface area contributed by atoms with Gasteiger partial charge in [0.2, 0.25) is 0 Å². The largest absolute Gasteiger partial charge is 0.416 e. The fourth-order valence-corrected chi connectivity index (χ4v) is 2.34. The third-order valence-electron chi connectivity index (χ3n) is 3.49. The van der Waals surface area contributed by atoms with E-state index < -0.39 is 11.7 Å². The molecule has 3 nitrogen and oxygen atoms in total. The summed E-state index contributed by atoms with van der Waals surface area (Å²) in [5.41, 5.74) is 0.914. The molecule has 1 aromatic carbocycles. The molecule has 0 amide bonds. The van der Waals surface area contributed by atoms with E-state index in [9.17, 15) is 18.3 Å². The smallest absolute Gasteiger partial charge is 0.390 e. The number of hydrogen-bond acceptors (Lipinski definition) is 2. The van der Waals surface area contributed by atoms with E-state index in [1.54, 1.807) is 10.7 Å². The molecule has 1 N–H and O–H groups in total. The SMILES string of the molecule is CC(C)(C)c1cc(CO)n(Cc2ccc(C(F)(F)F)cc2Cl)n1. The van der Waals surface area contributed by atoms with Gasteiger partial charge in [-0.1, -0.05) is 38.4 Å². The summed E-state index contributed by atoms with van der Waals surface area (Å²) in [4.78, 5) is 0. The second-order valence-corrected chi connectivity index (χ2v) is 6.80. The van der Waals surface area contributed by atoms with Crippen molar-refractivity contribution in [1.29, 1.82) is 0 Å². The summed E-state index contributed by atoms with van der Waals surface area (Å²) in [6, 6.07) is 5.03. The van der Waals surface area contributed by atoms with Gasteiger partial charge < -0.3 is 5.11 Å². The van der Waals surface area contributed by atoms with E-state index in [0.29, 0.717) is 11.3 Å². The van der Waals surface area contributed by atoms with Gasteiger partial charge in [0.25, 0.3) is 0 Å². The van der Waals surface area contributed by atoms with Crippen LogP contribution in [0.3, 0.4) is 0 Å². The highest BCUT2D eigenvalue weighted by atomic mass is 35.5. The summed E-state index contributed by atoms with van der Waals surface area (Å²) < 4.78 is 39.6. The number of nitrogens with zero attached hydrogens (tertiary/aromatic N) is 2. The van der Waals surface area contributed by atoms with Crippen molar-refractivity contribution in [3.8, 4) is 0 Å². The van der Waals surface area contributed by atoms with Crippen LogP contribution in [0.5, 0.6) is 0 Å². The van der Waals surface area contributed by atoms with Gasteiger partial charge >= 0.3 is 6.18 Å². The lowest BCUT2D eigenvalue weighted by molar-refractivity contribution is -0.137. The Balaban J connectivity index is 2.34. The Kier molecular flexibility index (Phi) is 4.78. The number of benzene rings is 1. The third-order valence-corrected chi connectivity index (χ3v) is 3.85. The summed E-state index contributed by atoms with van der Waals surface area (Å²) >= 11 is 5.97. The molecule has 0 unspecified atom stereocenters. The van der Waals surface area contributed by atoms with Crippen LogP contribution in [0.2, 0.25) is 5.02 Å². The highest BCUT2D eigenvalue weighted by molar-refractivity contribution is 6.31. The molecular formula is C16H18ClF3N2O. The predicted octanol–water partition coefficient (Wildman–Crippen LogP) is 4.39. The zero-order valence-electron chi connectivity index (χ0n) is 13.1. The van der Waals surface area contributed by atoms with Crippen LogP contribution >= 0.6 is 11.6 Å². The van der Waals surface area contributed by atoms with Crippen LogP contribution in [0, 0.1) is 0 Å². The van der Waals surface area contributed by atoms with Gasteiger partial charge in [-0.15, -0.1) is 0 Å². The highest BCUT2D eigenvalue weighted by Crippen LogP contribution is 2.32. The van der Waals surface area contributed by atoms with E-state index in [4.69, 9.17) is 11.6 Å². The maximum absolute atomic E-state index is 12.7. The van der Waals surface area contributed by atoms with Crippen LogP contribution in [-0.2, 0) is 24.7 Å². The van der Waals surface area contributed by atoms with Crippen molar-refractivity contribution in [2.24, 2.45) is 0 Å². The molecular weight excluding hydrogens is 329 g/mol. The minimum absolute atomic E-state index is 0.0246. The van der Waals surface area contributed by atoms with E-state index in [0.717, 1.165) is 17.8 Å². The first-order valence-electron chi connectivity index (χ1n) is 7.06. The maximum atomic E-state index is 12.7. The molecule has 2 rings (SSSR count). The Morgan fingerprint density at radius 1 is 1.17 bits per heavy atom. The minimum Gasteiger partial charge on any atom is -0.390 e. The molecule has 0 bridgehead atoms. The summed E-state index contributed by atoms with van der Waals surface area (Å²) in [6.45, 7) is 5.97. The van der Waals surface area contributed by atoms with Crippen molar-refractivity contribution in [2.45, 2.75) is 45.5 Å². The first-order valence-corrected chi connectivity index (χ1v) is 7.44. The van der Waals surface area contributed by atoms with Crippen LogP contribution in [-0.4, -0.2) is 14.9 Å². The molecule has 0 spiro atoms. The van der Waals surface area contributed by atoms with Crippen LogP contribution < -0.4 is 0 Å². The van der Waals surface area contributed by atoms with Crippen molar-refractivity contribution in [3.05, 3.63) is 51.8 Å². The molecule has 23 heavy (non-hydrogen) atoms. The standard InChI is InChI=1S/C16H18ClF3N2O/c1-15(2,3)14-7-12(9-23)22(21-14)8-10-4-5-11(6-13(10)17)16(18,19)20/h4-7,23H,8-9H2,1-3H3. The van der Waals surface area contributed by atoms with Crippen LogP contribution in [0.1, 0.15) is 43.3 Å². The lowest BCUT2D eigenvalue weighted by Gasteiger charge is -2.14. The zero-order chi connectivity index (χ0) is 17.4. The monoisotopic (exact) mass is 346 g/mol. The van der Waals surface area contributed by atoms with Crippen molar-refractivity contribution in [2.75, 3.05) is 0 Å². The third kappa shape index (κ3) is 4.06. The minimum atomic E-state index is -4.43. The molecule has 0 fully saturated rings. The van der Waals surface area contributed by atoms with Gasteiger partial charge in [-0.25, -0.2) is 0 Å². The summed E-state index contributed by atoms with van der Waals surface area (Å²) in [5, 5.41) is 13.9. The number of aromatic nitrogens is 2. The molecule has 1 heterocycles. The quantitative estimate of drug-likeness (QED) is 0.894. The van der Waals surface area contributed by atoms with Crippen molar-refractivity contribution >= 4 is 11.6 Å². The van der Waals surface area contributed by atoms with Crippen molar-refractivity contribution < 1.29 is 18.3 Å². The first kappa shape index (κ1) is 17.8. The van der Waals surface area contributed by atoms with Crippen LogP contribution in [0.25, 0.3) is 0 Å². The Labute approximate surface area is 137 Å². The number of alkyl halides is 3. The predicted molar refractivity (Wildman–Crippen MR) is 82.4 cm³/mol. The number of halogens is 4. The molecule has 0 atom stereocenters. The second-order valence-electron chi connectivity index (χ2n) is 6.39. The molecule has 0 saturated carbocycles. The topological polar surface area (TPSA) is 38.0 Å². The molecule has 0 aliphatic rings. The molecule has 2 aromatic rings. The molecule has 7 heteroatoms. The number of hydrogen-bond donors (Lipinski definition) is 1. The van der Waals surface area contributed by atoms with Crippen LogP contribution in [0.15, 0.2) is 24.3 Å². The van der Waals surface area contributed by atoms with E-state index >= 15 is 0 Å². The molecule has 126 valence electrons. The van der Waals surface area contributed by atoms with E-state index in [-0.39, 0.29) is 23.6 Å².